The maximum atomic E-state index is 12.9. The van der Waals surface area contributed by atoms with Gasteiger partial charge in [0.1, 0.15) is 5.82 Å². The van der Waals surface area contributed by atoms with Crippen molar-refractivity contribution < 1.29 is 14.0 Å². The van der Waals surface area contributed by atoms with Gasteiger partial charge in [0.25, 0.3) is 0 Å². The van der Waals surface area contributed by atoms with E-state index in [1.807, 2.05) is 30.3 Å². The predicted octanol–water partition coefficient (Wildman–Crippen LogP) is 4.62. The summed E-state index contributed by atoms with van der Waals surface area (Å²) in [6, 6.07) is 14.7. The number of nitrogens with one attached hydrogen (secondary N) is 1. The van der Waals surface area contributed by atoms with Crippen LogP contribution in [0.2, 0.25) is 0 Å². The maximum Gasteiger partial charge on any atom is 0.248 e. The second kappa shape index (κ2) is 8.37. The van der Waals surface area contributed by atoms with Crippen molar-refractivity contribution in [3.8, 4) is 0 Å². The van der Waals surface area contributed by atoms with E-state index in [-0.39, 0.29) is 17.6 Å². The Hall–Kier alpha value is -3.32. The van der Waals surface area contributed by atoms with Gasteiger partial charge in [-0.1, -0.05) is 18.2 Å². The van der Waals surface area contributed by atoms with Gasteiger partial charge in [-0.2, -0.15) is 0 Å². The van der Waals surface area contributed by atoms with Crippen molar-refractivity contribution in [1.82, 2.24) is 4.98 Å². The Morgan fingerprint density at radius 3 is 2.48 bits per heavy atom. The molecule has 1 heterocycles. The summed E-state index contributed by atoms with van der Waals surface area (Å²) in [6.45, 7) is 1.47. The molecule has 1 N–H and O–H groups in total. The first kappa shape index (κ1) is 18.5. The van der Waals surface area contributed by atoms with Crippen LogP contribution in [0, 0.1) is 5.82 Å². The highest BCUT2D eigenvalue weighted by atomic mass is 32.1. The lowest BCUT2D eigenvalue weighted by molar-refractivity contribution is -0.116. The summed E-state index contributed by atoms with van der Waals surface area (Å²) in [5.41, 5.74) is 1.78. The van der Waals surface area contributed by atoms with Crippen LogP contribution >= 0.6 is 11.3 Å². The summed E-state index contributed by atoms with van der Waals surface area (Å²) in [7, 11) is 0. The summed E-state index contributed by atoms with van der Waals surface area (Å²) in [5, 5.41) is 4.91. The fourth-order valence-corrected chi connectivity index (χ4v) is 3.19. The minimum atomic E-state index is -0.369. The van der Waals surface area contributed by atoms with Crippen molar-refractivity contribution in [2.75, 3.05) is 10.2 Å². The second-order valence-corrected chi connectivity index (χ2v) is 6.41. The van der Waals surface area contributed by atoms with Gasteiger partial charge in [-0.3, -0.25) is 14.5 Å². The molecule has 0 bridgehead atoms. The van der Waals surface area contributed by atoms with E-state index in [1.54, 1.807) is 11.5 Å². The normalized spacial score (nSPS) is 10.7. The number of benzene rings is 2. The monoisotopic (exact) mass is 381 g/mol. The van der Waals surface area contributed by atoms with E-state index in [2.05, 4.69) is 10.3 Å². The molecule has 136 valence electrons. The molecule has 3 rings (SSSR count). The molecule has 0 saturated carbocycles. The van der Waals surface area contributed by atoms with E-state index in [9.17, 15) is 14.0 Å². The number of halogens is 1. The summed E-state index contributed by atoms with van der Waals surface area (Å²) in [6.07, 6.45) is 2.89. The average Bonchev–Trinajstić information content (AvgIpc) is 3.11. The summed E-state index contributed by atoms with van der Waals surface area (Å²) in [5.74, 6) is -0.880. The fourth-order valence-electron chi connectivity index (χ4n) is 2.34. The molecule has 5 nitrogen and oxygen atoms in total. The van der Waals surface area contributed by atoms with Gasteiger partial charge < -0.3 is 5.32 Å². The number of hydrogen-bond acceptors (Lipinski definition) is 4. The number of para-hydroxylation sites is 1. The minimum absolute atomic E-state index is 0.153. The number of thiazole rings is 1. The van der Waals surface area contributed by atoms with Crippen LogP contribution in [0.3, 0.4) is 0 Å². The molecule has 7 heteroatoms. The van der Waals surface area contributed by atoms with Crippen molar-refractivity contribution >= 4 is 45.7 Å². The van der Waals surface area contributed by atoms with E-state index in [0.717, 1.165) is 5.69 Å². The van der Waals surface area contributed by atoms with Crippen LogP contribution in [0.25, 0.3) is 6.08 Å². The quantitative estimate of drug-likeness (QED) is 0.656. The van der Waals surface area contributed by atoms with E-state index < -0.39 is 0 Å². The smallest absolute Gasteiger partial charge is 0.248 e. The van der Waals surface area contributed by atoms with Crippen LogP contribution in [-0.2, 0) is 9.59 Å². The zero-order chi connectivity index (χ0) is 19.2. The van der Waals surface area contributed by atoms with Crippen molar-refractivity contribution in [1.29, 1.82) is 0 Å². The number of amides is 2. The molecular formula is C20H16FN3O2S. The van der Waals surface area contributed by atoms with Gasteiger partial charge in [-0.25, -0.2) is 9.37 Å². The number of nitrogens with zero attached hydrogens (tertiary/aromatic N) is 2. The van der Waals surface area contributed by atoms with Crippen molar-refractivity contribution in [2.24, 2.45) is 0 Å². The average molecular weight is 381 g/mol. The lowest BCUT2D eigenvalue weighted by atomic mass is 10.3. The Bertz CT molecular complexity index is 968. The summed E-state index contributed by atoms with van der Waals surface area (Å²) < 4.78 is 12.9. The zero-order valence-electron chi connectivity index (χ0n) is 14.4. The topological polar surface area (TPSA) is 62.3 Å². The molecule has 0 aliphatic heterocycles. The standard InChI is InChI=1S/C20H16FN3O2S/c1-14(25)24(18-5-3-2-4-6-18)20-23-17(13-27-20)11-12-19(26)22-16-9-7-15(21)8-10-16/h2-13H,1H3,(H,22,26)/b12-11+. The molecule has 2 aromatic carbocycles. The number of anilines is 3. The second-order valence-electron chi connectivity index (χ2n) is 5.57. The van der Waals surface area contributed by atoms with Gasteiger partial charge in [0, 0.05) is 24.1 Å². The highest BCUT2D eigenvalue weighted by Crippen LogP contribution is 2.29. The first-order chi connectivity index (χ1) is 13.0. The summed E-state index contributed by atoms with van der Waals surface area (Å²) >= 11 is 1.31. The summed E-state index contributed by atoms with van der Waals surface area (Å²) in [4.78, 5) is 29.9. The first-order valence-electron chi connectivity index (χ1n) is 8.09. The molecular weight excluding hydrogens is 365 g/mol. The highest BCUT2D eigenvalue weighted by molar-refractivity contribution is 7.14. The van der Waals surface area contributed by atoms with Crippen LogP contribution in [0.4, 0.5) is 20.9 Å². The molecule has 0 aliphatic rings. The third-order valence-corrected chi connectivity index (χ3v) is 4.39. The third kappa shape index (κ3) is 4.86. The van der Waals surface area contributed by atoms with Gasteiger partial charge >= 0.3 is 0 Å². The predicted molar refractivity (Wildman–Crippen MR) is 105 cm³/mol. The number of carbonyl (C=O) groups excluding carboxylic acids is 2. The van der Waals surface area contributed by atoms with E-state index in [4.69, 9.17) is 0 Å². The minimum Gasteiger partial charge on any atom is -0.323 e. The number of hydrogen-bond donors (Lipinski definition) is 1. The van der Waals surface area contributed by atoms with E-state index in [0.29, 0.717) is 16.5 Å². The highest BCUT2D eigenvalue weighted by Gasteiger charge is 2.17. The molecule has 0 aliphatic carbocycles. The van der Waals surface area contributed by atoms with Crippen LogP contribution in [0.1, 0.15) is 12.6 Å². The van der Waals surface area contributed by atoms with Crippen molar-refractivity contribution in [3.63, 3.8) is 0 Å². The van der Waals surface area contributed by atoms with Crippen LogP contribution in [0.15, 0.2) is 66.1 Å². The van der Waals surface area contributed by atoms with Crippen LogP contribution in [0.5, 0.6) is 0 Å². The molecule has 0 saturated heterocycles. The maximum absolute atomic E-state index is 12.9. The van der Waals surface area contributed by atoms with Gasteiger partial charge in [0.05, 0.1) is 11.4 Å². The number of aromatic nitrogens is 1. The lowest BCUT2D eigenvalue weighted by Crippen LogP contribution is -2.22. The molecule has 0 atom stereocenters. The molecule has 0 unspecified atom stereocenters. The van der Waals surface area contributed by atoms with Gasteiger partial charge in [-0.05, 0) is 42.5 Å². The Kier molecular flexibility index (Phi) is 5.73. The zero-order valence-corrected chi connectivity index (χ0v) is 15.2. The van der Waals surface area contributed by atoms with Crippen molar-refractivity contribution in [2.45, 2.75) is 6.92 Å². The molecule has 0 radical (unpaired) electrons. The van der Waals surface area contributed by atoms with Gasteiger partial charge in [0.2, 0.25) is 11.8 Å². The van der Waals surface area contributed by atoms with Crippen LogP contribution in [-0.4, -0.2) is 16.8 Å². The van der Waals surface area contributed by atoms with E-state index >= 15 is 0 Å². The van der Waals surface area contributed by atoms with Gasteiger partial charge in [-0.15, -0.1) is 11.3 Å². The van der Waals surface area contributed by atoms with E-state index in [1.165, 1.54) is 53.5 Å². The number of carbonyl (C=O) groups is 2. The number of rotatable bonds is 5. The van der Waals surface area contributed by atoms with Crippen LogP contribution < -0.4 is 10.2 Å². The van der Waals surface area contributed by atoms with Gasteiger partial charge in [0.15, 0.2) is 5.13 Å². The molecule has 0 fully saturated rings. The molecule has 0 spiro atoms. The first-order valence-corrected chi connectivity index (χ1v) is 8.97. The largest absolute Gasteiger partial charge is 0.323 e. The van der Waals surface area contributed by atoms with Crippen molar-refractivity contribution in [3.05, 3.63) is 77.6 Å². The molecule has 27 heavy (non-hydrogen) atoms. The lowest BCUT2D eigenvalue weighted by Gasteiger charge is -2.17. The Balaban J connectivity index is 1.71. The Labute approximate surface area is 159 Å². The fraction of sp³-hybridized carbons (Fsp3) is 0.0500. The molecule has 2 amide bonds. The third-order valence-electron chi connectivity index (χ3n) is 3.55. The molecule has 1 aromatic heterocycles. The Morgan fingerprint density at radius 1 is 1.11 bits per heavy atom. The SMILES string of the molecule is CC(=O)N(c1ccccc1)c1nc(/C=C/C(=O)Nc2ccc(F)cc2)cs1. The molecule has 3 aromatic rings. The Morgan fingerprint density at radius 2 is 1.81 bits per heavy atom.